The molecule has 0 heterocycles. The van der Waals surface area contributed by atoms with Crippen LogP contribution in [0.15, 0.2) is 24.3 Å². The lowest BCUT2D eigenvalue weighted by molar-refractivity contribution is -0.130. The first kappa shape index (κ1) is 9.70. The van der Waals surface area contributed by atoms with E-state index in [0.29, 0.717) is 11.7 Å². The van der Waals surface area contributed by atoms with Crippen LogP contribution in [0.4, 0.5) is 0 Å². The Labute approximate surface area is 85.9 Å². The number of carbonyl (C=O) groups is 1. The third-order valence-corrected chi connectivity index (χ3v) is 3.39. The predicted octanol–water partition coefficient (Wildman–Crippen LogP) is 3.12. The fourth-order valence-electron chi connectivity index (χ4n) is 2.46. The molecule has 0 aromatic heterocycles. The summed E-state index contributed by atoms with van der Waals surface area (Å²) in [5, 5.41) is 0. The van der Waals surface area contributed by atoms with E-state index in [1.807, 2.05) is 26.0 Å². The van der Waals surface area contributed by atoms with Crippen LogP contribution in [0.1, 0.15) is 33.1 Å². The minimum atomic E-state index is -0.136. The minimum Gasteiger partial charge on any atom is -0.298 e. The second-order valence-electron chi connectivity index (χ2n) is 4.82. The molecular formula is C13H18O. The van der Waals surface area contributed by atoms with E-state index < -0.39 is 0 Å². The Kier molecular flexibility index (Phi) is 2.34. The monoisotopic (exact) mass is 190 g/mol. The third kappa shape index (κ3) is 1.45. The van der Waals surface area contributed by atoms with Gasteiger partial charge in [0, 0.05) is 5.92 Å². The van der Waals surface area contributed by atoms with Gasteiger partial charge in [0.2, 0.25) is 0 Å². The van der Waals surface area contributed by atoms with E-state index in [1.54, 1.807) is 0 Å². The summed E-state index contributed by atoms with van der Waals surface area (Å²) in [4.78, 5) is 12.2. The molecular weight excluding hydrogens is 172 g/mol. The van der Waals surface area contributed by atoms with Gasteiger partial charge in [-0.2, -0.15) is 0 Å². The predicted molar refractivity (Wildman–Crippen MR) is 57.9 cm³/mol. The summed E-state index contributed by atoms with van der Waals surface area (Å²) < 4.78 is 0. The van der Waals surface area contributed by atoms with Crippen LogP contribution in [0.3, 0.4) is 0 Å². The molecule has 1 fully saturated rings. The Morgan fingerprint density at radius 1 is 1.36 bits per heavy atom. The van der Waals surface area contributed by atoms with E-state index in [-0.39, 0.29) is 11.3 Å². The van der Waals surface area contributed by atoms with E-state index in [0.717, 1.165) is 6.42 Å². The zero-order chi connectivity index (χ0) is 10.2. The smallest absolute Gasteiger partial charge is 0.145 e. The quantitative estimate of drug-likeness (QED) is 0.668. The first-order valence-electron chi connectivity index (χ1n) is 5.55. The molecule has 2 rings (SSSR count). The van der Waals surface area contributed by atoms with Crippen LogP contribution in [-0.2, 0) is 4.79 Å². The van der Waals surface area contributed by atoms with Crippen LogP contribution in [0, 0.1) is 17.3 Å². The summed E-state index contributed by atoms with van der Waals surface area (Å²) in [6.07, 6.45) is 11.8. The van der Waals surface area contributed by atoms with Gasteiger partial charge in [0.1, 0.15) is 5.78 Å². The van der Waals surface area contributed by atoms with Gasteiger partial charge in [-0.25, -0.2) is 0 Å². The van der Waals surface area contributed by atoms with Gasteiger partial charge < -0.3 is 0 Å². The molecule has 0 aliphatic heterocycles. The molecule has 2 aliphatic carbocycles. The standard InChI is InChI=1S/C13H18O/c1-10(2)12(14)13(11-6-7-11)8-4-3-5-9-13/h3-5,8,10-11H,6-7,9H2,1-2H3. The van der Waals surface area contributed by atoms with Crippen molar-refractivity contribution in [3.05, 3.63) is 24.3 Å². The maximum absolute atomic E-state index is 12.2. The van der Waals surface area contributed by atoms with Gasteiger partial charge >= 0.3 is 0 Å². The molecule has 0 N–H and O–H groups in total. The van der Waals surface area contributed by atoms with Crippen molar-refractivity contribution < 1.29 is 4.79 Å². The Hall–Kier alpha value is -0.850. The first-order valence-corrected chi connectivity index (χ1v) is 5.55. The van der Waals surface area contributed by atoms with Crippen molar-refractivity contribution >= 4 is 5.78 Å². The summed E-state index contributed by atoms with van der Waals surface area (Å²) in [7, 11) is 0. The SMILES string of the molecule is CC(C)C(=O)C1(C2CC2)C=CC=CC1. The van der Waals surface area contributed by atoms with Gasteiger partial charge in [0.05, 0.1) is 5.41 Å². The molecule has 0 aromatic rings. The summed E-state index contributed by atoms with van der Waals surface area (Å²) >= 11 is 0. The second kappa shape index (κ2) is 3.38. The van der Waals surface area contributed by atoms with E-state index in [1.165, 1.54) is 12.8 Å². The van der Waals surface area contributed by atoms with E-state index >= 15 is 0 Å². The molecule has 2 aliphatic rings. The van der Waals surface area contributed by atoms with Gasteiger partial charge in [-0.1, -0.05) is 38.2 Å². The van der Waals surface area contributed by atoms with Crippen LogP contribution in [0.25, 0.3) is 0 Å². The van der Waals surface area contributed by atoms with Gasteiger partial charge in [-0.15, -0.1) is 0 Å². The van der Waals surface area contributed by atoms with Crippen molar-refractivity contribution in [3.63, 3.8) is 0 Å². The minimum absolute atomic E-state index is 0.136. The molecule has 0 bridgehead atoms. The number of carbonyl (C=O) groups excluding carboxylic acids is 1. The highest BCUT2D eigenvalue weighted by molar-refractivity contribution is 5.89. The average Bonchev–Trinajstić information content (AvgIpc) is 3.01. The summed E-state index contributed by atoms with van der Waals surface area (Å²) in [5.41, 5.74) is -0.136. The van der Waals surface area contributed by atoms with Crippen LogP contribution >= 0.6 is 0 Å². The molecule has 76 valence electrons. The van der Waals surface area contributed by atoms with Crippen molar-refractivity contribution in [2.75, 3.05) is 0 Å². The molecule has 0 amide bonds. The average molecular weight is 190 g/mol. The molecule has 1 atom stereocenters. The molecule has 14 heavy (non-hydrogen) atoms. The number of hydrogen-bond acceptors (Lipinski definition) is 1. The van der Waals surface area contributed by atoms with Crippen molar-refractivity contribution in [3.8, 4) is 0 Å². The number of rotatable bonds is 3. The molecule has 0 spiro atoms. The Bertz CT molecular complexity index is 294. The van der Waals surface area contributed by atoms with Crippen LogP contribution in [0.2, 0.25) is 0 Å². The van der Waals surface area contributed by atoms with Crippen LogP contribution in [0.5, 0.6) is 0 Å². The molecule has 1 saturated carbocycles. The topological polar surface area (TPSA) is 17.1 Å². The van der Waals surface area contributed by atoms with Crippen LogP contribution in [-0.4, -0.2) is 5.78 Å². The number of allylic oxidation sites excluding steroid dienone is 4. The molecule has 0 radical (unpaired) electrons. The van der Waals surface area contributed by atoms with Crippen molar-refractivity contribution in [1.82, 2.24) is 0 Å². The number of Topliss-reactive ketones (excluding diaryl/α,β-unsaturated/α-hetero) is 1. The van der Waals surface area contributed by atoms with Gasteiger partial charge in [0.25, 0.3) is 0 Å². The molecule has 1 unspecified atom stereocenters. The molecule has 1 nitrogen and oxygen atoms in total. The normalized spacial score (nSPS) is 31.1. The van der Waals surface area contributed by atoms with Gasteiger partial charge in [-0.3, -0.25) is 4.79 Å². The lowest BCUT2D eigenvalue weighted by Crippen LogP contribution is -2.35. The Morgan fingerprint density at radius 3 is 2.50 bits per heavy atom. The lowest BCUT2D eigenvalue weighted by Gasteiger charge is -2.31. The molecule has 1 heteroatoms. The van der Waals surface area contributed by atoms with Crippen molar-refractivity contribution in [2.45, 2.75) is 33.1 Å². The fourth-order valence-corrected chi connectivity index (χ4v) is 2.46. The number of hydrogen-bond donors (Lipinski definition) is 0. The maximum atomic E-state index is 12.2. The van der Waals surface area contributed by atoms with Crippen LogP contribution < -0.4 is 0 Å². The van der Waals surface area contributed by atoms with E-state index in [4.69, 9.17) is 0 Å². The zero-order valence-corrected chi connectivity index (χ0v) is 8.99. The van der Waals surface area contributed by atoms with Crippen molar-refractivity contribution in [1.29, 1.82) is 0 Å². The summed E-state index contributed by atoms with van der Waals surface area (Å²) in [6.45, 7) is 4.03. The van der Waals surface area contributed by atoms with Gasteiger partial charge in [0.15, 0.2) is 0 Å². The zero-order valence-electron chi connectivity index (χ0n) is 8.99. The highest BCUT2D eigenvalue weighted by Gasteiger charge is 2.48. The van der Waals surface area contributed by atoms with E-state index in [2.05, 4.69) is 12.2 Å². The largest absolute Gasteiger partial charge is 0.298 e. The maximum Gasteiger partial charge on any atom is 0.145 e. The molecule has 0 saturated heterocycles. The third-order valence-electron chi connectivity index (χ3n) is 3.39. The Morgan fingerprint density at radius 2 is 2.07 bits per heavy atom. The first-order chi connectivity index (χ1) is 6.67. The highest BCUT2D eigenvalue weighted by atomic mass is 16.1. The summed E-state index contributed by atoms with van der Waals surface area (Å²) in [5.74, 6) is 1.21. The lowest BCUT2D eigenvalue weighted by atomic mass is 9.70. The molecule has 0 aromatic carbocycles. The fraction of sp³-hybridized carbons (Fsp3) is 0.615. The number of ketones is 1. The Balaban J connectivity index is 2.26. The van der Waals surface area contributed by atoms with Crippen molar-refractivity contribution in [2.24, 2.45) is 17.3 Å². The van der Waals surface area contributed by atoms with Gasteiger partial charge in [-0.05, 0) is 25.2 Å². The second-order valence-corrected chi connectivity index (χ2v) is 4.82. The van der Waals surface area contributed by atoms with E-state index in [9.17, 15) is 4.79 Å². The summed E-state index contributed by atoms with van der Waals surface area (Å²) in [6, 6.07) is 0. The highest BCUT2D eigenvalue weighted by Crippen LogP contribution is 2.51.